The van der Waals surface area contributed by atoms with Gasteiger partial charge < -0.3 is 25.1 Å². The van der Waals surface area contributed by atoms with Crippen molar-refractivity contribution < 1.29 is 19.7 Å². The molecule has 70 valence electrons. The minimum atomic E-state index is -0.818. The highest BCUT2D eigenvalue weighted by molar-refractivity contribution is 5.60. The van der Waals surface area contributed by atoms with Crippen LogP contribution in [0, 0.1) is 5.41 Å². The van der Waals surface area contributed by atoms with Crippen molar-refractivity contribution in [2.24, 2.45) is 0 Å². The number of aliphatic hydroxyl groups is 2. The summed E-state index contributed by atoms with van der Waals surface area (Å²) >= 11 is 0. The summed E-state index contributed by atoms with van der Waals surface area (Å²) in [6.07, 6.45) is -1.86. The average molecular weight is 175 g/mol. The Kier molecular flexibility index (Phi) is 3.16. The molecule has 0 spiro atoms. The summed E-state index contributed by atoms with van der Waals surface area (Å²) in [6, 6.07) is 0. The van der Waals surface area contributed by atoms with Crippen LogP contribution in [0.1, 0.15) is 6.42 Å². The molecule has 1 saturated heterocycles. The van der Waals surface area contributed by atoms with Gasteiger partial charge in [0, 0.05) is 19.7 Å². The Balaban J connectivity index is 2.56. The molecular formula is C7H13NO4. The van der Waals surface area contributed by atoms with Crippen molar-refractivity contribution in [3.63, 3.8) is 0 Å². The van der Waals surface area contributed by atoms with E-state index in [1.807, 2.05) is 0 Å². The zero-order chi connectivity index (χ0) is 9.14. The lowest BCUT2D eigenvalue weighted by Gasteiger charge is -2.34. The maximum absolute atomic E-state index is 9.27. The third-order valence-electron chi connectivity index (χ3n) is 1.86. The minimum absolute atomic E-state index is 0.179. The summed E-state index contributed by atoms with van der Waals surface area (Å²) in [5, 5.41) is 25.4. The molecule has 0 bridgehead atoms. The molecule has 0 saturated carbocycles. The van der Waals surface area contributed by atoms with Crippen LogP contribution in [0.15, 0.2) is 0 Å². The van der Waals surface area contributed by atoms with E-state index in [4.69, 9.17) is 14.9 Å². The average Bonchev–Trinajstić information content (AvgIpc) is 2.05. The number of aliphatic hydroxyl groups excluding tert-OH is 2. The molecule has 0 aliphatic carbocycles. The highest BCUT2D eigenvalue weighted by Crippen LogP contribution is 2.19. The van der Waals surface area contributed by atoms with E-state index in [2.05, 4.69) is 0 Å². The van der Waals surface area contributed by atoms with E-state index in [0.717, 1.165) is 6.21 Å². The second-order valence-electron chi connectivity index (χ2n) is 2.74. The summed E-state index contributed by atoms with van der Waals surface area (Å²) in [4.78, 5) is 0. The topological polar surface area (TPSA) is 82.8 Å². The Bertz CT molecular complexity index is 163. The number of hydrogen-bond acceptors (Lipinski definition) is 5. The van der Waals surface area contributed by atoms with Crippen LogP contribution in [-0.2, 0) is 9.47 Å². The van der Waals surface area contributed by atoms with Gasteiger partial charge in [0.2, 0.25) is 0 Å². The fourth-order valence-electron chi connectivity index (χ4n) is 1.19. The molecule has 0 unspecified atom stereocenters. The number of hydrogen-bond donors (Lipinski definition) is 3. The van der Waals surface area contributed by atoms with Crippen LogP contribution >= 0.6 is 0 Å². The highest BCUT2D eigenvalue weighted by Gasteiger charge is 2.35. The molecule has 0 aromatic heterocycles. The monoisotopic (exact) mass is 175 g/mol. The van der Waals surface area contributed by atoms with Crippen LogP contribution in [0.25, 0.3) is 0 Å². The van der Waals surface area contributed by atoms with E-state index < -0.39 is 24.6 Å². The van der Waals surface area contributed by atoms with Crippen molar-refractivity contribution in [1.29, 1.82) is 5.41 Å². The molecule has 0 aromatic carbocycles. The lowest BCUT2D eigenvalue weighted by molar-refractivity contribution is -0.239. The Morgan fingerprint density at radius 1 is 1.50 bits per heavy atom. The maximum atomic E-state index is 9.27. The van der Waals surface area contributed by atoms with Gasteiger partial charge in [0.05, 0.1) is 6.10 Å². The molecule has 5 nitrogen and oxygen atoms in total. The van der Waals surface area contributed by atoms with Gasteiger partial charge in [-0.15, -0.1) is 0 Å². The molecule has 0 aromatic rings. The van der Waals surface area contributed by atoms with E-state index in [1.165, 1.54) is 7.11 Å². The first-order chi connectivity index (χ1) is 5.69. The van der Waals surface area contributed by atoms with Crippen LogP contribution in [0.5, 0.6) is 0 Å². The summed E-state index contributed by atoms with van der Waals surface area (Å²) in [5.74, 6) is 0. The van der Waals surface area contributed by atoms with Crippen LogP contribution < -0.4 is 0 Å². The molecule has 4 atom stereocenters. The Hall–Kier alpha value is -0.490. The first-order valence-corrected chi connectivity index (χ1v) is 3.74. The largest absolute Gasteiger partial charge is 0.390 e. The summed E-state index contributed by atoms with van der Waals surface area (Å²) in [6.45, 7) is 0. The van der Waals surface area contributed by atoms with Gasteiger partial charge in [-0.05, 0) is 0 Å². The van der Waals surface area contributed by atoms with Crippen molar-refractivity contribution in [3.05, 3.63) is 0 Å². The summed E-state index contributed by atoms with van der Waals surface area (Å²) in [7, 11) is 1.41. The maximum Gasteiger partial charge on any atom is 0.184 e. The van der Waals surface area contributed by atoms with Crippen LogP contribution in [0.4, 0.5) is 0 Å². The zero-order valence-corrected chi connectivity index (χ0v) is 6.80. The third-order valence-corrected chi connectivity index (χ3v) is 1.86. The summed E-state index contributed by atoms with van der Waals surface area (Å²) in [5.41, 5.74) is 0. The van der Waals surface area contributed by atoms with Gasteiger partial charge in [0.1, 0.15) is 12.2 Å². The normalized spacial score (nSPS) is 42.6. The van der Waals surface area contributed by atoms with E-state index >= 15 is 0 Å². The Morgan fingerprint density at radius 2 is 2.17 bits per heavy atom. The van der Waals surface area contributed by atoms with Gasteiger partial charge in [-0.2, -0.15) is 0 Å². The van der Waals surface area contributed by atoms with Gasteiger partial charge in [-0.25, -0.2) is 0 Å². The SMILES string of the molecule is CO[C@H]1O[C@H](C=N)[C@@H](O)C[C@@H]1O. The molecule has 1 heterocycles. The van der Waals surface area contributed by atoms with Crippen LogP contribution in [0.2, 0.25) is 0 Å². The predicted octanol–water partition coefficient (Wildman–Crippen LogP) is -0.881. The first-order valence-electron chi connectivity index (χ1n) is 3.74. The number of methoxy groups -OCH3 is 1. The van der Waals surface area contributed by atoms with Gasteiger partial charge in [-0.3, -0.25) is 0 Å². The van der Waals surface area contributed by atoms with E-state index in [0.29, 0.717) is 0 Å². The van der Waals surface area contributed by atoms with Crippen molar-refractivity contribution >= 4 is 6.21 Å². The summed E-state index contributed by atoms with van der Waals surface area (Å²) < 4.78 is 9.84. The highest BCUT2D eigenvalue weighted by atomic mass is 16.7. The zero-order valence-electron chi connectivity index (χ0n) is 6.80. The molecule has 1 rings (SSSR count). The van der Waals surface area contributed by atoms with Crippen molar-refractivity contribution in [2.75, 3.05) is 7.11 Å². The van der Waals surface area contributed by atoms with Gasteiger partial charge in [0.15, 0.2) is 6.29 Å². The molecule has 3 N–H and O–H groups in total. The van der Waals surface area contributed by atoms with Crippen LogP contribution in [-0.4, -0.2) is 48.1 Å². The number of rotatable bonds is 2. The first kappa shape index (κ1) is 9.60. The third kappa shape index (κ3) is 1.81. The van der Waals surface area contributed by atoms with E-state index in [9.17, 15) is 10.2 Å². The Morgan fingerprint density at radius 3 is 2.67 bits per heavy atom. The Labute approximate surface area is 70.4 Å². The molecule has 0 radical (unpaired) electrons. The van der Waals surface area contributed by atoms with Gasteiger partial charge in [-0.1, -0.05) is 0 Å². The standard InChI is InChI=1S/C7H13NO4/c1-11-7-5(10)2-4(9)6(3-8)12-7/h3-10H,2H2,1H3/t4-,5-,6+,7-/m0/s1. The van der Waals surface area contributed by atoms with Crippen molar-refractivity contribution in [1.82, 2.24) is 0 Å². The van der Waals surface area contributed by atoms with Crippen LogP contribution in [0.3, 0.4) is 0 Å². The van der Waals surface area contributed by atoms with Crippen molar-refractivity contribution in [3.8, 4) is 0 Å². The lowest BCUT2D eigenvalue weighted by Crippen LogP contribution is -2.48. The second-order valence-corrected chi connectivity index (χ2v) is 2.74. The van der Waals surface area contributed by atoms with Crippen molar-refractivity contribution in [2.45, 2.75) is 31.0 Å². The molecule has 1 aliphatic heterocycles. The van der Waals surface area contributed by atoms with Gasteiger partial charge in [0.25, 0.3) is 0 Å². The fraction of sp³-hybridized carbons (Fsp3) is 0.857. The van der Waals surface area contributed by atoms with Gasteiger partial charge >= 0.3 is 0 Å². The molecule has 1 fully saturated rings. The fourth-order valence-corrected chi connectivity index (χ4v) is 1.19. The minimum Gasteiger partial charge on any atom is -0.390 e. The molecule has 5 heteroatoms. The molecular weight excluding hydrogens is 162 g/mol. The predicted molar refractivity (Wildman–Crippen MR) is 41.1 cm³/mol. The smallest absolute Gasteiger partial charge is 0.184 e. The quantitative estimate of drug-likeness (QED) is 0.476. The second kappa shape index (κ2) is 3.95. The van der Waals surface area contributed by atoms with E-state index in [1.54, 1.807) is 0 Å². The molecule has 12 heavy (non-hydrogen) atoms. The number of nitrogens with one attached hydrogen (secondary N) is 1. The molecule has 0 amide bonds. The number of ether oxygens (including phenoxy) is 2. The molecule has 1 aliphatic rings. The lowest BCUT2D eigenvalue weighted by atomic mass is 10.0. The van der Waals surface area contributed by atoms with E-state index in [-0.39, 0.29) is 6.42 Å².